The van der Waals surface area contributed by atoms with Gasteiger partial charge in [-0.15, -0.1) is 0 Å². The number of hydrogen-bond acceptors (Lipinski definition) is 7. The van der Waals surface area contributed by atoms with Crippen LogP contribution in [0.3, 0.4) is 0 Å². The maximum absolute atomic E-state index is 6.67. The van der Waals surface area contributed by atoms with Crippen LogP contribution < -0.4 is 4.74 Å². The average molecular weight is 585 g/mol. The van der Waals surface area contributed by atoms with E-state index in [-0.39, 0.29) is 0 Å². The van der Waals surface area contributed by atoms with Crippen molar-refractivity contribution in [3.05, 3.63) is 138 Å². The number of benzene rings is 4. The zero-order valence-corrected chi connectivity index (χ0v) is 24.7. The Morgan fingerprint density at radius 1 is 0.512 bits per heavy atom. The van der Waals surface area contributed by atoms with Gasteiger partial charge in [0.2, 0.25) is 0 Å². The third-order valence-electron chi connectivity index (χ3n) is 7.39. The quantitative estimate of drug-likeness (QED) is 0.162. The Bertz CT molecular complexity index is 1320. The molecular formula is C36H40O7. The van der Waals surface area contributed by atoms with Gasteiger partial charge in [-0.2, -0.15) is 0 Å². The summed E-state index contributed by atoms with van der Waals surface area (Å²) in [5, 5.41) is 0. The van der Waals surface area contributed by atoms with Crippen LogP contribution in [0.25, 0.3) is 0 Å². The van der Waals surface area contributed by atoms with E-state index >= 15 is 0 Å². The summed E-state index contributed by atoms with van der Waals surface area (Å²) in [6.07, 6.45) is -2.73. The largest absolute Gasteiger partial charge is 0.497 e. The van der Waals surface area contributed by atoms with E-state index in [1.165, 1.54) is 0 Å². The molecule has 4 aromatic carbocycles. The van der Waals surface area contributed by atoms with Gasteiger partial charge in [-0.05, 0) is 34.4 Å². The molecular weight excluding hydrogens is 544 g/mol. The van der Waals surface area contributed by atoms with Gasteiger partial charge in [-0.25, -0.2) is 0 Å². The minimum atomic E-state index is -0.688. The minimum absolute atomic E-state index is 0.294. The van der Waals surface area contributed by atoms with Crippen molar-refractivity contribution in [3.63, 3.8) is 0 Å². The SMILES string of the molecule is COc1ccc(CO[C@@H]2[C@@H](OCc3ccccc3)[C@@H](OC)O[C@H](COCc3ccccc3)[C@H]2OCc2ccccc2)cc1. The summed E-state index contributed by atoms with van der Waals surface area (Å²) in [6.45, 7) is 1.85. The molecule has 1 aliphatic heterocycles. The Morgan fingerprint density at radius 2 is 0.977 bits per heavy atom. The Balaban J connectivity index is 1.39. The molecule has 0 aliphatic carbocycles. The second-order valence-electron chi connectivity index (χ2n) is 10.4. The zero-order valence-electron chi connectivity index (χ0n) is 24.7. The molecule has 7 heteroatoms. The standard InChI is InChI=1S/C36H40O7/c1-37-31-20-18-30(19-21-31)25-41-34-33(40-23-28-14-8-4-9-15-28)32(26-39-22-27-12-6-3-7-13-27)43-36(38-2)35(34)42-24-29-16-10-5-11-17-29/h3-21,32-36H,22-26H2,1-2H3/t32-,33-,34+,35-,36+/m1/s1. The van der Waals surface area contributed by atoms with Crippen molar-refractivity contribution < 1.29 is 33.2 Å². The highest BCUT2D eigenvalue weighted by molar-refractivity contribution is 5.26. The molecule has 0 aromatic heterocycles. The van der Waals surface area contributed by atoms with Gasteiger partial charge < -0.3 is 33.2 Å². The van der Waals surface area contributed by atoms with Gasteiger partial charge in [0.1, 0.15) is 30.2 Å². The van der Waals surface area contributed by atoms with Crippen LogP contribution in [0.5, 0.6) is 5.75 Å². The highest BCUT2D eigenvalue weighted by Gasteiger charge is 2.48. The first-order chi connectivity index (χ1) is 21.2. The maximum atomic E-state index is 6.67. The molecule has 43 heavy (non-hydrogen) atoms. The monoisotopic (exact) mass is 584 g/mol. The lowest BCUT2D eigenvalue weighted by molar-refractivity contribution is -0.323. The normalized spacial score (nSPS) is 21.9. The number of methoxy groups -OCH3 is 2. The van der Waals surface area contributed by atoms with Gasteiger partial charge in [-0.1, -0.05) is 103 Å². The molecule has 0 amide bonds. The molecule has 5 rings (SSSR count). The summed E-state index contributed by atoms with van der Waals surface area (Å²) < 4.78 is 43.6. The van der Waals surface area contributed by atoms with E-state index in [4.69, 9.17) is 33.2 Å². The first-order valence-electron chi connectivity index (χ1n) is 14.6. The van der Waals surface area contributed by atoms with E-state index in [1.807, 2.05) is 115 Å². The van der Waals surface area contributed by atoms with Gasteiger partial charge >= 0.3 is 0 Å². The third-order valence-corrected chi connectivity index (χ3v) is 7.39. The second-order valence-corrected chi connectivity index (χ2v) is 10.4. The second kappa shape index (κ2) is 16.3. The number of rotatable bonds is 15. The average Bonchev–Trinajstić information content (AvgIpc) is 3.07. The molecule has 1 heterocycles. The van der Waals surface area contributed by atoms with Gasteiger partial charge in [0.05, 0.1) is 40.1 Å². The zero-order chi connectivity index (χ0) is 29.7. The Morgan fingerprint density at radius 3 is 1.49 bits per heavy atom. The Kier molecular flexibility index (Phi) is 11.7. The van der Waals surface area contributed by atoms with E-state index in [0.717, 1.165) is 28.0 Å². The van der Waals surface area contributed by atoms with Gasteiger partial charge in [0, 0.05) is 7.11 Å². The molecule has 0 radical (unpaired) electrons. The molecule has 1 fully saturated rings. The molecule has 0 bridgehead atoms. The predicted molar refractivity (Wildman–Crippen MR) is 163 cm³/mol. The van der Waals surface area contributed by atoms with Gasteiger partial charge in [0.25, 0.3) is 0 Å². The van der Waals surface area contributed by atoms with Crippen molar-refractivity contribution in [2.24, 2.45) is 0 Å². The van der Waals surface area contributed by atoms with E-state index in [2.05, 4.69) is 0 Å². The number of hydrogen-bond donors (Lipinski definition) is 0. The third kappa shape index (κ3) is 8.97. The first-order valence-corrected chi connectivity index (χ1v) is 14.6. The van der Waals surface area contributed by atoms with Crippen LogP contribution in [0, 0.1) is 0 Å². The van der Waals surface area contributed by atoms with Crippen molar-refractivity contribution in [2.75, 3.05) is 20.8 Å². The van der Waals surface area contributed by atoms with Crippen molar-refractivity contribution >= 4 is 0 Å². The van der Waals surface area contributed by atoms with Crippen LogP contribution in [0.4, 0.5) is 0 Å². The van der Waals surface area contributed by atoms with Crippen molar-refractivity contribution in [3.8, 4) is 5.75 Å². The molecule has 226 valence electrons. The first kappa shape index (κ1) is 30.9. The fraction of sp³-hybridized carbons (Fsp3) is 0.333. The van der Waals surface area contributed by atoms with Crippen LogP contribution in [0.1, 0.15) is 22.3 Å². The van der Waals surface area contributed by atoms with Crippen LogP contribution in [-0.2, 0) is 54.8 Å². The highest BCUT2D eigenvalue weighted by atomic mass is 16.7. The van der Waals surface area contributed by atoms with Crippen LogP contribution in [0.2, 0.25) is 0 Å². The molecule has 0 spiro atoms. The lowest BCUT2D eigenvalue weighted by atomic mass is 9.97. The van der Waals surface area contributed by atoms with Crippen LogP contribution in [0.15, 0.2) is 115 Å². The summed E-state index contributed by atoms with van der Waals surface area (Å²) >= 11 is 0. The van der Waals surface area contributed by atoms with Crippen molar-refractivity contribution in [1.29, 1.82) is 0 Å². The summed E-state index contributed by atoms with van der Waals surface area (Å²) in [5.74, 6) is 0.790. The van der Waals surface area contributed by atoms with E-state index in [9.17, 15) is 0 Å². The topological polar surface area (TPSA) is 64.6 Å². The lowest BCUT2D eigenvalue weighted by Crippen LogP contribution is -2.61. The molecule has 1 saturated heterocycles. The summed E-state index contributed by atoms with van der Waals surface area (Å²) in [7, 11) is 3.28. The predicted octanol–water partition coefficient (Wildman–Crippen LogP) is 6.34. The van der Waals surface area contributed by atoms with E-state index in [0.29, 0.717) is 33.0 Å². The fourth-order valence-electron chi connectivity index (χ4n) is 5.08. The van der Waals surface area contributed by atoms with Crippen molar-refractivity contribution in [2.45, 2.75) is 57.1 Å². The molecule has 0 N–H and O–H groups in total. The molecule has 4 aromatic rings. The smallest absolute Gasteiger partial charge is 0.186 e. The Labute approximate surface area is 254 Å². The highest BCUT2D eigenvalue weighted by Crippen LogP contribution is 2.31. The molecule has 0 saturated carbocycles. The summed E-state index contributed by atoms with van der Waals surface area (Å²) in [5.41, 5.74) is 4.18. The van der Waals surface area contributed by atoms with Crippen LogP contribution in [-0.4, -0.2) is 51.5 Å². The molecule has 5 atom stereocenters. The number of ether oxygens (including phenoxy) is 7. The molecule has 0 unspecified atom stereocenters. The lowest BCUT2D eigenvalue weighted by Gasteiger charge is -2.45. The summed E-state index contributed by atoms with van der Waals surface area (Å²) in [4.78, 5) is 0. The van der Waals surface area contributed by atoms with Crippen LogP contribution >= 0.6 is 0 Å². The van der Waals surface area contributed by atoms with E-state index in [1.54, 1.807) is 14.2 Å². The van der Waals surface area contributed by atoms with Gasteiger partial charge in [-0.3, -0.25) is 0 Å². The molecule has 7 nitrogen and oxygen atoms in total. The molecule has 1 aliphatic rings. The Hall–Kier alpha value is -3.56. The maximum Gasteiger partial charge on any atom is 0.186 e. The van der Waals surface area contributed by atoms with Gasteiger partial charge in [0.15, 0.2) is 6.29 Å². The van der Waals surface area contributed by atoms with Crippen molar-refractivity contribution in [1.82, 2.24) is 0 Å². The fourth-order valence-corrected chi connectivity index (χ4v) is 5.08. The van der Waals surface area contributed by atoms with E-state index < -0.39 is 30.7 Å². The minimum Gasteiger partial charge on any atom is -0.497 e. The summed E-state index contributed by atoms with van der Waals surface area (Å²) in [6, 6.07) is 38.0.